The number of ether oxygens (including phenoxy) is 1. The summed E-state index contributed by atoms with van der Waals surface area (Å²) in [7, 11) is 0. The van der Waals surface area contributed by atoms with Gasteiger partial charge >= 0.3 is 0 Å². The molecule has 0 heterocycles. The summed E-state index contributed by atoms with van der Waals surface area (Å²) < 4.78 is 5.82. The largest absolute Gasteiger partial charge is 0.486 e. The number of nitrogens with two attached hydrogens (primary N) is 1. The number of hydrogen-bond donors (Lipinski definition) is 2. The van der Waals surface area contributed by atoms with Gasteiger partial charge in [-0.25, -0.2) is 0 Å². The predicted octanol–water partition coefficient (Wildman–Crippen LogP) is 3.31. The molecule has 0 aromatic heterocycles. The molecule has 0 saturated heterocycles. The van der Waals surface area contributed by atoms with E-state index in [1.807, 2.05) is 12.1 Å². The van der Waals surface area contributed by atoms with Crippen LogP contribution in [0.1, 0.15) is 52.0 Å². The summed E-state index contributed by atoms with van der Waals surface area (Å²) in [5.41, 5.74) is 7.40. The lowest BCUT2D eigenvalue weighted by Crippen LogP contribution is -2.42. The molecule has 0 saturated carbocycles. The molecule has 0 spiro atoms. The molecule has 1 aromatic carbocycles. The SMILES string of the molecule is CCC(C)c1ccc(OC(CO)C(N)CC(C)C)cc1. The van der Waals surface area contributed by atoms with Crippen molar-refractivity contribution in [2.75, 3.05) is 6.61 Å². The van der Waals surface area contributed by atoms with Crippen LogP contribution in [0.4, 0.5) is 0 Å². The maximum absolute atomic E-state index is 9.45. The molecule has 1 aromatic rings. The highest BCUT2D eigenvalue weighted by Gasteiger charge is 2.20. The third-order valence-electron chi connectivity index (χ3n) is 3.75. The quantitative estimate of drug-likeness (QED) is 0.767. The fraction of sp³-hybridized carbons (Fsp3) is 0.647. The van der Waals surface area contributed by atoms with E-state index in [0.29, 0.717) is 11.8 Å². The van der Waals surface area contributed by atoms with Crippen LogP contribution in [-0.4, -0.2) is 23.9 Å². The zero-order chi connectivity index (χ0) is 15.1. The van der Waals surface area contributed by atoms with E-state index in [1.165, 1.54) is 5.56 Å². The first-order valence-electron chi connectivity index (χ1n) is 7.60. The summed E-state index contributed by atoms with van der Waals surface area (Å²) >= 11 is 0. The third kappa shape index (κ3) is 5.14. The van der Waals surface area contributed by atoms with Crippen LogP contribution < -0.4 is 10.5 Å². The molecule has 0 fully saturated rings. The van der Waals surface area contributed by atoms with Crippen molar-refractivity contribution in [2.45, 2.75) is 58.6 Å². The fourth-order valence-electron chi connectivity index (χ4n) is 2.24. The molecule has 3 atom stereocenters. The minimum Gasteiger partial charge on any atom is -0.486 e. The average Bonchev–Trinajstić information content (AvgIpc) is 2.43. The molecule has 3 unspecified atom stereocenters. The summed E-state index contributed by atoms with van der Waals surface area (Å²) in [5.74, 6) is 1.83. The molecule has 0 aliphatic heterocycles. The van der Waals surface area contributed by atoms with Crippen LogP contribution in [0.5, 0.6) is 5.75 Å². The molecule has 20 heavy (non-hydrogen) atoms. The van der Waals surface area contributed by atoms with Crippen LogP contribution in [-0.2, 0) is 0 Å². The Morgan fingerprint density at radius 3 is 2.20 bits per heavy atom. The van der Waals surface area contributed by atoms with E-state index >= 15 is 0 Å². The van der Waals surface area contributed by atoms with Crippen LogP contribution in [0.2, 0.25) is 0 Å². The second-order valence-corrected chi connectivity index (χ2v) is 6.01. The first-order valence-corrected chi connectivity index (χ1v) is 7.60. The van der Waals surface area contributed by atoms with E-state index in [9.17, 15) is 5.11 Å². The van der Waals surface area contributed by atoms with Crippen LogP contribution in [0.3, 0.4) is 0 Å². The molecular formula is C17H29NO2. The highest BCUT2D eigenvalue weighted by Crippen LogP contribution is 2.22. The maximum Gasteiger partial charge on any atom is 0.137 e. The Bertz CT molecular complexity index is 375. The lowest BCUT2D eigenvalue weighted by molar-refractivity contribution is 0.0881. The first-order chi connectivity index (χ1) is 9.47. The smallest absolute Gasteiger partial charge is 0.137 e. The zero-order valence-corrected chi connectivity index (χ0v) is 13.2. The van der Waals surface area contributed by atoms with Gasteiger partial charge in [-0.1, -0.05) is 39.8 Å². The van der Waals surface area contributed by atoms with Gasteiger partial charge in [0.1, 0.15) is 11.9 Å². The van der Waals surface area contributed by atoms with Gasteiger partial charge in [-0.3, -0.25) is 0 Å². The number of aliphatic hydroxyl groups is 1. The summed E-state index contributed by atoms with van der Waals surface area (Å²) in [6, 6.07) is 7.96. The summed E-state index contributed by atoms with van der Waals surface area (Å²) in [5, 5.41) is 9.45. The standard InChI is InChI=1S/C17H29NO2/c1-5-13(4)14-6-8-15(9-7-14)20-17(11-19)16(18)10-12(2)3/h6-9,12-13,16-17,19H,5,10-11,18H2,1-4H3. The van der Waals surface area contributed by atoms with Gasteiger partial charge in [0, 0.05) is 6.04 Å². The van der Waals surface area contributed by atoms with Crippen LogP contribution >= 0.6 is 0 Å². The van der Waals surface area contributed by atoms with E-state index in [0.717, 1.165) is 18.6 Å². The Hall–Kier alpha value is -1.06. The van der Waals surface area contributed by atoms with Crippen molar-refractivity contribution >= 4 is 0 Å². The Labute approximate surface area is 123 Å². The second-order valence-electron chi connectivity index (χ2n) is 6.01. The predicted molar refractivity (Wildman–Crippen MR) is 84.1 cm³/mol. The van der Waals surface area contributed by atoms with Gasteiger partial charge in [-0.15, -0.1) is 0 Å². The van der Waals surface area contributed by atoms with Gasteiger partial charge in [0.25, 0.3) is 0 Å². The second kappa shape index (κ2) is 8.28. The lowest BCUT2D eigenvalue weighted by Gasteiger charge is -2.24. The van der Waals surface area contributed by atoms with Gasteiger partial charge in [0.15, 0.2) is 0 Å². The topological polar surface area (TPSA) is 55.5 Å². The van der Waals surface area contributed by atoms with Crippen molar-refractivity contribution in [2.24, 2.45) is 11.7 Å². The maximum atomic E-state index is 9.45. The molecule has 3 nitrogen and oxygen atoms in total. The van der Waals surface area contributed by atoms with Crippen molar-refractivity contribution in [1.29, 1.82) is 0 Å². The highest BCUT2D eigenvalue weighted by molar-refractivity contribution is 5.29. The number of aliphatic hydroxyl groups excluding tert-OH is 1. The van der Waals surface area contributed by atoms with Crippen molar-refractivity contribution in [3.8, 4) is 5.75 Å². The highest BCUT2D eigenvalue weighted by atomic mass is 16.5. The van der Waals surface area contributed by atoms with Crippen LogP contribution in [0.15, 0.2) is 24.3 Å². The van der Waals surface area contributed by atoms with Gasteiger partial charge in [-0.2, -0.15) is 0 Å². The molecule has 0 bridgehead atoms. The normalized spacial score (nSPS) is 15.9. The first kappa shape index (κ1) is 17.0. The molecule has 114 valence electrons. The van der Waals surface area contributed by atoms with Crippen molar-refractivity contribution in [3.63, 3.8) is 0 Å². The Morgan fingerprint density at radius 1 is 1.15 bits per heavy atom. The molecule has 0 aliphatic rings. The Kier molecular flexibility index (Phi) is 7.03. The average molecular weight is 279 g/mol. The number of benzene rings is 1. The van der Waals surface area contributed by atoms with E-state index < -0.39 is 0 Å². The zero-order valence-electron chi connectivity index (χ0n) is 13.2. The summed E-state index contributed by atoms with van der Waals surface area (Å²) in [4.78, 5) is 0. The van der Waals surface area contributed by atoms with Gasteiger partial charge in [0.2, 0.25) is 0 Å². The minimum absolute atomic E-state index is 0.0546. The van der Waals surface area contributed by atoms with Crippen molar-refractivity contribution < 1.29 is 9.84 Å². The Morgan fingerprint density at radius 2 is 1.75 bits per heavy atom. The Balaban J connectivity index is 2.65. The molecule has 1 rings (SSSR count). The van der Waals surface area contributed by atoms with Crippen molar-refractivity contribution in [3.05, 3.63) is 29.8 Å². The minimum atomic E-state index is -0.341. The lowest BCUT2D eigenvalue weighted by atomic mass is 9.98. The molecular weight excluding hydrogens is 250 g/mol. The molecule has 3 heteroatoms. The summed E-state index contributed by atoms with van der Waals surface area (Å²) in [6.45, 7) is 8.58. The van der Waals surface area contributed by atoms with E-state index in [2.05, 4.69) is 39.8 Å². The molecule has 0 aliphatic carbocycles. The number of hydrogen-bond acceptors (Lipinski definition) is 3. The van der Waals surface area contributed by atoms with Gasteiger partial charge in [0.05, 0.1) is 6.61 Å². The monoisotopic (exact) mass is 279 g/mol. The van der Waals surface area contributed by atoms with E-state index in [4.69, 9.17) is 10.5 Å². The van der Waals surface area contributed by atoms with E-state index in [-0.39, 0.29) is 18.8 Å². The summed E-state index contributed by atoms with van der Waals surface area (Å²) in [6.07, 6.45) is 1.63. The fourth-order valence-corrected chi connectivity index (χ4v) is 2.24. The number of rotatable bonds is 8. The van der Waals surface area contributed by atoms with E-state index in [1.54, 1.807) is 0 Å². The molecule has 3 N–H and O–H groups in total. The third-order valence-corrected chi connectivity index (χ3v) is 3.75. The van der Waals surface area contributed by atoms with Crippen LogP contribution in [0, 0.1) is 5.92 Å². The molecule has 0 amide bonds. The molecule has 0 radical (unpaired) electrons. The van der Waals surface area contributed by atoms with Crippen LogP contribution in [0.25, 0.3) is 0 Å². The van der Waals surface area contributed by atoms with Crippen molar-refractivity contribution in [1.82, 2.24) is 0 Å². The van der Waals surface area contributed by atoms with Gasteiger partial charge in [-0.05, 0) is 42.4 Å². The van der Waals surface area contributed by atoms with Gasteiger partial charge < -0.3 is 15.6 Å².